The fourth-order valence-corrected chi connectivity index (χ4v) is 3.16. The zero-order valence-corrected chi connectivity index (χ0v) is 11.8. The van der Waals surface area contributed by atoms with Gasteiger partial charge in [-0.05, 0) is 24.1 Å². The van der Waals surface area contributed by atoms with E-state index < -0.39 is 0 Å². The summed E-state index contributed by atoms with van der Waals surface area (Å²) in [6, 6.07) is 5.46. The Morgan fingerprint density at radius 3 is 2.88 bits per heavy atom. The summed E-state index contributed by atoms with van der Waals surface area (Å²) in [4.78, 5) is 13.5. The number of rotatable bonds is 1. The number of carbonyl (C=O) groups excluding carboxylic acids is 1. The Morgan fingerprint density at radius 2 is 2.24 bits per heavy atom. The zero-order valence-electron chi connectivity index (χ0n) is 9.49. The van der Waals surface area contributed by atoms with Gasteiger partial charge in [-0.1, -0.05) is 33.6 Å². The van der Waals surface area contributed by atoms with Gasteiger partial charge in [-0.3, -0.25) is 4.79 Å². The SMILES string of the molecule is CN1C(=O)CCC(N)C1c1ccc(Cl)cc1Br. The van der Waals surface area contributed by atoms with Gasteiger partial charge in [0.15, 0.2) is 0 Å². The first kappa shape index (κ1) is 12.9. The molecule has 2 N–H and O–H groups in total. The Labute approximate surface area is 114 Å². The molecule has 1 heterocycles. The maximum Gasteiger partial charge on any atom is 0.222 e. The topological polar surface area (TPSA) is 46.3 Å². The van der Waals surface area contributed by atoms with E-state index in [2.05, 4.69) is 15.9 Å². The maximum atomic E-state index is 11.7. The number of likely N-dealkylation sites (N-methyl/N-ethyl adjacent to an activating group) is 1. The number of nitrogens with zero attached hydrogens (tertiary/aromatic N) is 1. The van der Waals surface area contributed by atoms with Gasteiger partial charge in [0.2, 0.25) is 5.91 Å². The molecule has 1 aromatic rings. The average Bonchev–Trinajstić information content (AvgIpc) is 2.27. The molecule has 0 aromatic heterocycles. The number of amides is 1. The third kappa shape index (κ3) is 2.49. The zero-order chi connectivity index (χ0) is 12.6. The second-order valence-corrected chi connectivity index (χ2v) is 5.61. The molecule has 2 rings (SSSR count). The molecule has 1 aliphatic rings. The van der Waals surface area contributed by atoms with Gasteiger partial charge in [0.1, 0.15) is 0 Å². The van der Waals surface area contributed by atoms with E-state index in [0.717, 1.165) is 16.5 Å². The molecule has 0 spiro atoms. The fraction of sp³-hybridized carbons (Fsp3) is 0.417. The highest BCUT2D eigenvalue weighted by Gasteiger charge is 2.33. The highest BCUT2D eigenvalue weighted by Crippen LogP contribution is 2.35. The Bertz CT molecular complexity index is 452. The lowest BCUT2D eigenvalue weighted by Gasteiger charge is -2.38. The molecular formula is C12H14BrClN2O. The number of halogens is 2. The summed E-state index contributed by atoms with van der Waals surface area (Å²) in [5.41, 5.74) is 7.13. The molecule has 17 heavy (non-hydrogen) atoms. The average molecular weight is 318 g/mol. The largest absolute Gasteiger partial charge is 0.337 e. The van der Waals surface area contributed by atoms with Crippen LogP contribution in [0, 0.1) is 0 Å². The smallest absolute Gasteiger partial charge is 0.222 e. The molecule has 0 saturated carbocycles. The highest BCUT2D eigenvalue weighted by atomic mass is 79.9. The van der Waals surface area contributed by atoms with Crippen LogP contribution in [0.3, 0.4) is 0 Å². The molecule has 0 radical (unpaired) electrons. The van der Waals surface area contributed by atoms with Crippen molar-refractivity contribution < 1.29 is 4.79 Å². The lowest BCUT2D eigenvalue weighted by Crippen LogP contribution is -2.46. The quantitative estimate of drug-likeness (QED) is 0.865. The van der Waals surface area contributed by atoms with Gasteiger partial charge in [0.05, 0.1) is 6.04 Å². The number of likely N-dealkylation sites (tertiary alicyclic amines) is 1. The molecule has 1 saturated heterocycles. The van der Waals surface area contributed by atoms with Crippen molar-refractivity contribution in [2.45, 2.75) is 24.9 Å². The molecule has 0 aliphatic carbocycles. The van der Waals surface area contributed by atoms with Gasteiger partial charge < -0.3 is 10.6 Å². The van der Waals surface area contributed by atoms with Crippen LogP contribution in [-0.2, 0) is 4.79 Å². The minimum absolute atomic E-state index is 0.0322. The predicted octanol–water partition coefficient (Wildman–Crippen LogP) is 2.72. The van der Waals surface area contributed by atoms with E-state index in [0.29, 0.717) is 11.4 Å². The van der Waals surface area contributed by atoms with Crippen LogP contribution >= 0.6 is 27.5 Å². The van der Waals surface area contributed by atoms with Gasteiger partial charge in [-0.25, -0.2) is 0 Å². The molecule has 2 atom stereocenters. The van der Waals surface area contributed by atoms with Gasteiger partial charge >= 0.3 is 0 Å². The van der Waals surface area contributed by atoms with Crippen LogP contribution in [0.4, 0.5) is 0 Å². The van der Waals surface area contributed by atoms with Crippen molar-refractivity contribution in [2.75, 3.05) is 7.05 Å². The Kier molecular flexibility index (Phi) is 3.76. The Morgan fingerprint density at radius 1 is 1.53 bits per heavy atom. The van der Waals surface area contributed by atoms with Crippen molar-refractivity contribution >= 4 is 33.4 Å². The molecular weight excluding hydrogens is 304 g/mol. The molecule has 2 unspecified atom stereocenters. The number of nitrogens with two attached hydrogens (primary N) is 1. The second-order valence-electron chi connectivity index (χ2n) is 4.32. The van der Waals surface area contributed by atoms with Crippen LogP contribution in [0.15, 0.2) is 22.7 Å². The third-order valence-electron chi connectivity index (χ3n) is 3.19. The van der Waals surface area contributed by atoms with Gasteiger partial charge in [-0.15, -0.1) is 0 Å². The van der Waals surface area contributed by atoms with E-state index in [1.165, 1.54) is 0 Å². The molecule has 1 amide bonds. The first-order valence-corrected chi connectivity index (χ1v) is 6.64. The molecule has 5 heteroatoms. The lowest BCUT2D eigenvalue weighted by molar-refractivity contribution is -0.135. The van der Waals surface area contributed by atoms with E-state index in [1.807, 2.05) is 18.2 Å². The molecule has 1 aliphatic heterocycles. The standard InChI is InChI=1S/C12H14BrClN2O/c1-16-11(17)5-4-10(15)12(16)8-3-2-7(14)6-9(8)13/h2-3,6,10,12H,4-5,15H2,1H3. The van der Waals surface area contributed by atoms with Crippen LogP contribution in [0.2, 0.25) is 5.02 Å². The normalized spacial score (nSPS) is 25.2. The predicted molar refractivity (Wildman–Crippen MR) is 71.9 cm³/mol. The van der Waals surface area contributed by atoms with Crippen molar-refractivity contribution in [3.05, 3.63) is 33.3 Å². The summed E-state index contributed by atoms with van der Waals surface area (Å²) in [6.45, 7) is 0. The summed E-state index contributed by atoms with van der Waals surface area (Å²) in [5, 5.41) is 0.666. The maximum absolute atomic E-state index is 11.7. The van der Waals surface area contributed by atoms with Crippen molar-refractivity contribution in [3.8, 4) is 0 Å². The summed E-state index contributed by atoms with van der Waals surface area (Å²) in [5.74, 6) is 0.138. The summed E-state index contributed by atoms with van der Waals surface area (Å²) < 4.78 is 0.895. The number of hydrogen-bond acceptors (Lipinski definition) is 2. The fourth-order valence-electron chi connectivity index (χ4n) is 2.25. The van der Waals surface area contributed by atoms with Gasteiger partial charge in [0, 0.05) is 29.0 Å². The monoisotopic (exact) mass is 316 g/mol. The third-order valence-corrected chi connectivity index (χ3v) is 4.11. The van der Waals surface area contributed by atoms with Crippen LogP contribution in [0.1, 0.15) is 24.4 Å². The van der Waals surface area contributed by atoms with Gasteiger partial charge in [-0.2, -0.15) is 0 Å². The van der Waals surface area contributed by atoms with Crippen molar-refractivity contribution in [1.29, 1.82) is 0 Å². The number of benzene rings is 1. The van der Waals surface area contributed by atoms with E-state index in [1.54, 1.807) is 11.9 Å². The van der Waals surface area contributed by atoms with Crippen LogP contribution < -0.4 is 5.73 Å². The summed E-state index contributed by atoms with van der Waals surface area (Å²) in [6.07, 6.45) is 1.25. The van der Waals surface area contributed by atoms with Crippen molar-refractivity contribution in [3.63, 3.8) is 0 Å². The van der Waals surface area contributed by atoms with Crippen molar-refractivity contribution in [1.82, 2.24) is 4.90 Å². The first-order chi connectivity index (χ1) is 8.00. The van der Waals surface area contributed by atoms with Gasteiger partial charge in [0.25, 0.3) is 0 Å². The Hall–Kier alpha value is -0.580. The van der Waals surface area contributed by atoms with Crippen LogP contribution in [0.25, 0.3) is 0 Å². The first-order valence-electron chi connectivity index (χ1n) is 5.47. The van der Waals surface area contributed by atoms with E-state index in [4.69, 9.17) is 17.3 Å². The second kappa shape index (κ2) is 4.96. The van der Waals surface area contributed by atoms with E-state index in [9.17, 15) is 4.79 Å². The molecule has 92 valence electrons. The Balaban J connectivity index is 2.39. The van der Waals surface area contributed by atoms with E-state index in [-0.39, 0.29) is 18.0 Å². The minimum atomic E-state index is -0.0807. The summed E-state index contributed by atoms with van der Waals surface area (Å²) >= 11 is 9.40. The lowest BCUT2D eigenvalue weighted by atomic mass is 9.91. The number of carbonyl (C=O) groups is 1. The van der Waals surface area contributed by atoms with Crippen molar-refractivity contribution in [2.24, 2.45) is 5.73 Å². The van der Waals surface area contributed by atoms with E-state index >= 15 is 0 Å². The minimum Gasteiger partial charge on any atom is -0.337 e. The number of piperidine rings is 1. The summed E-state index contributed by atoms with van der Waals surface area (Å²) in [7, 11) is 1.80. The van der Waals surface area contributed by atoms with Crippen LogP contribution in [0.5, 0.6) is 0 Å². The highest BCUT2D eigenvalue weighted by molar-refractivity contribution is 9.10. The molecule has 0 bridgehead atoms. The molecule has 1 aromatic carbocycles. The molecule has 1 fully saturated rings. The van der Waals surface area contributed by atoms with Crippen LogP contribution in [-0.4, -0.2) is 23.9 Å². The number of hydrogen-bond donors (Lipinski definition) is 1. The molecule has 3 nitrogen and oxygen atoms in total.